The molecule has 0 aromatic heterocycles. The Bertz CT molecular complexity index is 1120. The van der Waals surface area contributed by atoms with Gasteiger partial charge >= 0.3 is 11.9 Å². The van der Waals surface area contributed by atoms with Gasteiger partial charge in [0.1, 0.15) is 24.2 Å². The number of hydrogen-bond donors (Lipinski definition) is 11. The maximum Gasteiger partial charge on any atom is 0.326 e. The van der Waals surface area contributed by atoms with Crippen molar-refractivity contribution in [2.75, 3.05) is 26.2 Å². The van der Waals surface area contributed by atoms with Crippen LogP contribution in [-0.4, -0.2) is 120 Å². The van der Waals surface area contributed by atoms with Gasteiger partial charge < -0.3 is 58.9 Å². The lowest BCUT2D eigenvalue weighted by atomic mass is 10.1. The first-order chi connectivity index (χ1) is 21.5. The quantitative estimate of drug-likeness (QED) is 0.0485. The lowest BCUT2D eigenvalue weighted by Crippen LogP contribution is -2.54. The minimum absolute atomic E-state index is 0.0225. The van der Waals surface area contributed by atoms with E-state index >= 15 is 0 Å². The monoisotopic (exact) mass is 659 g/mol. The second kappa shape index (κ2) is 21.8. The van der Waals surface area contributed by atoms with E-state index < -0.39 is 89.9 Å². The van der Waals surface area contributed by atoms with Gasteiger partial charge in [-0.3, -0.25) is 38.4 Å². The highest BCUT2D eigenvalue weighted by molar-refractivity contribution is 5.93. The van der Waals surface area contributed by atoms with Crippen molar-refractivity contribution in [2.24, 2.45) is 11.5 Å². The molecule has 20 nitrogen and oxygen atoms in total. The standard InChI is InChI=1S/C26H45N9O11/c1-13(28)22(40)35-17(26(45)46)7-8-18(36)34-16(24(42)32-14(2)23(41)33-15(3)25(43)44)6-4-5-9-29-20(38)11-31-21(39)12-30-19(37)10-27/h13-17H,4-12,27-28H2,1-3H3,(H,29,38)(H,30,37)(H,31,39)(H,32,42)(H,33,41)(H,34,36)(H,35,40)(H,43,44)(H,45,46). The maximum absolute atomic E-state index is 13.0. The molecule has 0 saturated carbocycles. The summed E-state index contributed by atoms with van der Waals surface area (Å²) in [6, 6.07) is -6.03. The third kappa shape index (κ3) is 18.1. The van der Waals surface area contributed by atoms with E-state index in [1.807, 2.05) is 0 Å². The second-order valence-electron chi connectivity index (χ2n) is 10.2. The average Bonchev–Trinajstić information content (AvgIpc) is 2.99. The molecule has 13 N–H and O–H groups in total. The highest BCUT2D eigenvalue weighted by Gasteiger charge is 2.27. The van der Waals surface area contributed by atoms with Crippen LogP contribution in [0.15, 0.2) is 0 Å². The van der Waals surface area contributed by atoms with Crippen LogP contribution in [0.3, 0.4) is 0 Å². The van der Waals surface area contributed by atoms with Crippen LogP contribution < -0.4 is 48.7 Å². The molecule has 0 heterocycles. The Balaban J connectivity index is 5.13. The van der Waals surface area contributed by atoms with Crippen LogP contribution in [0.25, 0.3) is 0 Å². The lowest BCUT2D eigenvalue weighted by molar-refractivity contribution is -0.142. The number of unbranched alkanes of at least 4 members (excludes halogenated alkanes) is 1. The van der Waals surface area contributed by atoms with E-state index in [9.17, 15) is 48.3 Å². The molecule has 46 heavy (non-hydrogen) atoms. The highest BCUT2D eigenvalue weighted by atomic mass is 16.4. The van der Waals surface area contributed by atoms with E-state index in [-0.39, 0.29) is 45.4 Å². The summed E-state index contributed by atoms with van der Waals surface area (Å²) in [6.07, 6.45) is -0.0995. The van der Waals surface area contributed by atoms with Crippen LogP contribution >= 0.6 is 0 Å². The van der Waals surface area contributed by atoms with Gasteiger partial charge in [0.05, 0.1) is 25.7 Å². The van der Waals surface area contributed by atoms with E-state index in [0.29, 0.717) is 6.42 Å². The van der Waals surface area contributed by atoms with Gasteiger partial charge in [0, 0.05) is 13.0 Å². The molecule has 0 aliphatic rings. The zero-order chi connectivity index (χ0) is 35.4. The number of amides is 7. The Morgan fingerprint density at radius 1 is 0.587 bits per heavy atom. The van der Waals surface area contributed by atoms with Gasteiger partial charge in [-0.05, 0) is 46.5 Å². The van der Waals surface area contributed by atoms with Crippen molar-refractivity contribution in [3.05, 3.63) is 0 Å². The van der Waals surface area contributed by atoms with E-state index in [1.54, 1.807) is 0 Å². The van der Waals surface area contributed by atoms with E-state index in [2.05, 4.69) is 37.2 Å². The molecule has 260 valence electrons. The van der Waals surface area contributed by atoms with Crippen molar-refractivity contribution in [2.45, 2.75) is 83.1 Å². The molecular formula is C26H45N9O11. The Kier molecular flexibility index (Phi) is 19.5. The normalized spacial score (nSPS) is 13.8. The number of aliphatic carboxylic acids is 2. The zero-order valence-electron chi connectivity index (χ0n) is 26.0. The molecule has 0 radical (unpaired) electrons. The summed E-state index contributed by atoms with van der Waals surface area (Å²) in [5.74, 6) is -7.40. The molecule has 0 rings (SSSR count). The van der Waals surface area contributed by atoms with Gasteiger partial charge in [-0.15, -0.1) is 0 Å². The molecule has 20 heteroatoms. The molecule has 7 amide bonds. The first-order valence-corrected chi connectivity index (χ1v) is 14.4. The molecule has 0 bridgehead atoms. The highest BCUT2D eigenvalue weighted by Crippen LogP contribution is 2.05. The average molecular weight is 660 g/mol. The van der Waals surface area contributed by atoms with Crippen LogP contribution in [0.4, 0.5) is 0 Å². The molecule has 0 aliphatic carbocycles. The molecule has 5 unspecified atom stereocenters. The number of hydrogen-bond acceptors (Lipinski definition) is 11. The van der Waals surface area contributed by atoms with Gasteiger partial charge in [0.25, 0.3) is 0 Å². The maximum atomic E-state index is 13.0. The molecule has 0 aromatic rings. The van der Waals surface area contributed by atoms with Gasteiger partial charge in [0.15, 0.2) is 0 Å². The van der Waals surface area contributed by atoms with Gasteiger partial charge in [-0.1, -0.05) is 0 Å². The lowest BCUT2D eigenvalue weighted by Gasteiger charge is -2.22. The number of carboxylic acid groups (broad SMARTS) is 2. The Labute approximate surface area is 264 Å². The van der Waals surface area contributed by atoms with Crippen LogP contribution in [-0.2, 0) is 43.2 Å². The summed E-state index contributed by atoms with van der Waals surface area (Å²) in [5, 5.41) is 34.7. The van der Waals surface area contributed by atoms with Crippen molar-refractivity contribution in [1.82, 2.24) is 37.2 Å². The molecule has 0 saturated heterocycles. The third-order valence-corrected chi connectivity index (χ3v) is 6.14. The predicted octanol–water partition coefficient (Wildman–Crippen LogP) is -5.26. The summed E-state index contributed by atoms with van der Waals surface area (Å²) >= 11 is 0. The topological polar surface area (TPSA) is 330 Å². The smallest absolute Gasteiger partial charge is 0.326 e. The Hall–Kier alpha value is -4.85. The van der Waals surface area contributed by atoms with Crippen molar-refractivity contribution in [3.8, 4) is 0 Å². The van der Waals surface area contributed by atoms with Crippen LogP contribution in [0.2, 0.25) is 0 Å². The fourth-order valence-corrected chi connectivity index (χ4v) is 3.41. The number of rotatable bonds is 22. The van der Waals surface area contributed by atoms with Crippen molar-refractivity contribution in [3.63, 3.8) is 0 Å². The second-order valence-corrected chi connectivity index (χ2v) is 10.2. The Morgan fingerprint density at radius 2 is 1.15 bits per heavy atom. The minimum atomic E-state index is -1.42. The minimum Gasteiger partial charge on any atom is -0.480 e. The van der Waals surface area contributed by atoms with E-state index in [1.165, 1.54) is 20.8 Å². The summed E-state index contributed by atoms with van der Waals surface area (Å²) in [5.41, 5.74) is 10.5. The van der Waals surface area contributed by atoms with Crippen LogP contribution in [0, 0.1) is 0 Å². The number of nitrogens with two attached hydrogens (primary N) is 2. The zero-order valence-corrected chi connectivity index (χ0v) is 26.0. The number of carboxylic acids is 2. The molecule has 0 aliphatic heterocycles. The fraction of sp³-hybridized carbons (Fsp3) is 0.654. The number of nitrogens with one attached hydrogen (secondary N) is 7. The molecule has 0 aromatic carbocycles. The van der Waals surface area contributed by atoms with Gasteiger partial charge in [-0.2, -0.15) is 0 Å². The summed E-state index contributed by atoms with van der Waals surface area (Å²) in [4.78, 5) is 107. The number of carbonyl (C=O) groups excluding carboxylic acids is 7. The Morgan fingerprint density at radius 3 is 1.70 bits per heavy atom. The molecule has 5 atom stereocenters. The molecule has 0 spiro atoms. The predicted molar refractivity (Wildman–Crippen MR) is 159 cm³/mol. The summed E-state index contributed by atoms with van der Waals surface area (Å²) in [6.45, 7) is 3.02. The van der Waals surface area contributed by atoms with Gasteiger partial charge in [0.2, 0.25) is 41.4 Å². The molecule has 0 fully saturated rings. The summed E-state index contributed by atoms with van der Waals surface area (Å²) < 4.78 is 0. The molecular weight excluding hydrogens is 614 g/mol. The van der Waals surface area contributed by atoms with Crippen molar-refractivity contribution in [1.29, 1.82) is 0 Å². The first kappa shape index (κ1) is 41.1. The number of carbonyl (C=O) groups is 9. The third-order valence-electron chi connectivity index (χ3n) is 6.14. The van der Waals surface area contributed by atoms with Crippen LogP contribution in [0.1, 0.15) is 52.9 Å². The largest absolute Gasteiger partial charge is 0.480 e. The van der Waals surface area contributed by atoms with Crippen LogP contribution in [0.5, 0.6) is 0 Å². The van der Waals surface area contributed by atoms with E-state index in [4.69, 9.17) is 16.6 Å². The first-order valence-electron chi connectivity index (χ1n) is 14.4. The fourth-order valence-electron chi connectivity index (χ4n) is 3.41. The summed E-state index contributed by atoms with van der Waals surface area (Å²) in [7, 11) is 0. The SMILES string of the molecule is CC(N)C(=O)NC(CCC(=O)NC(CCCCNC(=O)CNC(=O)CNC(=O)CN)C(=O)NC(C)C(=O)NC(C)C(=O)O)C(=O)O. The van der Waals surface area contributed by atoms with Crippen molar-refractivity contribution >= 4 is 53.3 Å². The van der Waals surface area contributed by atoms with Crippen molar-refractivity contribution < 1.29 is 53.4 Å². The van der Waals surface area contributed by atoms with Gasteiger partial charge in [-0.25, -0.2) is 4.79 Å². The van der Waals surface area contributed by atoms with E-state index in [0.717, 1.165) is 0 Å².